The van der Waals surface area contributed by atoms with Crippen LogP contribution in [-0.2, 0) is 5.41 Å². The monoisotopic (exact) mass is 270 g/mol. The summed E-state index contributed by atoms with van der Waals surface area (Å²) in [4.78, 5) is 0. The number of aryl methyl sites for hydroxylation is 1. The molecule has 0 aliphatic heterocycles. The van der Waals surface area contributed by atoms with Crippen LogP contribution in [-0.4, -0.2) is 5.16 Å². The molecule has 0 bridgehead atoms. The lowest BCUT2D eigenvalue weighted by molar-refractivity contribution is 0.361. The van der Waals surface area contributed by atoms with Gasteiger partial charge in [-0.25, -0.2) is 0 Å². The van der Waals surface area contributed by atoms with Crippen LogP contribution in [0.15, 0.2) is 28.8 Å². The molecule has 1 aromatic carbocycles. The average Bonchev–Trinajstić information content (AvgIpc) is 3.07. The van der Waals surface area contributed by atoms with E-state index in [1.807, 2.05) is 12.1 Å². The third-order valence-corrected chi connectivity index (χ3v) is 4.87. The van der Waals surface area contributed by atoms with Crippen molar-refractivity contribution in [2.45, 2.75) is 51.4 Å². The average molecular weight is 270 g/mol. The van der Waals surface area contributed by atoms with Crippen molar-refractivity contribution in [2.24, 2.45) is 0 Å². The smallest absolute Gasteiger partial charge is 0.230 e. The summed E-state index contributed by atoms with van der Waals surface area (Å²) in [6.45, 7) is 4.36. The zero-order valence-corrected chi connectivity index (χ0v) is 12.3. The fourth-order valence-electron chi connectivity index (χ4n) is 3.59. The fourth-order valence-corrected chi connectivity index (χ4v) is 3.59. The summed E-state index contributed by atoms with van der Waals surface area (Å²) in [7, 11) is 0. The van der Waals surface area contributed by atoms with E-state index in [0.29, 0.717) is 5.88 Å². The molecule has 1 aliphatic rings. The van der Waals surface area contributed by atoms with Crippen molar-refractivity contribution < 1.29 is 4.52 Å². The van der Waals surface area contributed by atoms with Crippen molar-refractivity contribution in [1.82, 2.24) is 5.16 Å². The zero-order chi connectivity index (χ0) is 14.2. The van der Waals surface area contributed by atoms with Crippen LogP contribution in [0.4, 0.5) is 5.88 Å². The van der Waals surface area contributed by atoms with Crippen molar-refractivity contribution in [2.75, 3.05) is 5.73 Å². The Labute approximate surface area is 120 Å². The molecule has 1 aliphatic carbocycles. The first kappa shape index (κ1) is 13.2. The van der Waals surface area contributed by atoms with Gasteiger partial charge in [0.25, 0.3) is 0 Å². The molecular weight excluding hydrogens is 248 g/mol. The Hall–Kier alpha value is -1.77. The van der Waals surface area contributed by atoms with Gasteiger partial charge in [-0.2, -0.15) is 0 Å². The number of anilines is 1. The van der Waals surface area contributed by atoms with E-state index in [0.717, 1.165) is 23.2 Å². The number of rotatable bonds is 3. The SMILES string of the molecule is CCC1(c2noc(N)c2-c2ccccc2C)CCCC1. The highest BCUT2D eigenvalue weighted by atomic mass is 16.5. The van der Waals surface area contributed by atoms with Gasteiger partial charge in [-0.15, -0.1) is 0 Å². The molecule has 1 heterocycles. The maximum absolute atomic E-state index is 6.09. The molecule has 3 nitrogen and oxygen atoms in total. The van der Waals surface area contributed by atoms with E-state index in [1.54, 1.807) is 0 Å². The Morgan fingerprint density at radius 1 is 1.25 bits per heavy atom. The van der Waals surface area contributed by atoms with Crippen LogP contribution in [0, 0.1) is 6.92 Å². The van der Waals surface area contributed by atoms with E-state index in [-0.39, 0.29) is 5.41 Å². The number of nitrogens with two attached hydrogens (primary N) is 1. The van der Waals surface area contributed by atoms with Gasteiger partial charge in [0.05, 0.1) is 11.3 Å². The Morgan fingerprint density at radius 2 is 1.95 bits per heavy atom. The molecule has 1 saturated carbocycles. The topological polar surface area (TPSA) is 52.0 Å². The summed E-state index contributed by atoms with van der Waals surface area (Å²) >= 11 is 0. The van der Waals surface area contributed by atoms with Crippen LogP contribution in [0.25, 0.3) is 11.1 Å². The third-order valence-electron chi connectivity index (χ3n) is 4.87. The van der Waals surface area contributed by atoms with Crippen molar-refractivity contribution in [3.05, 3.63) is 35.5 Å². The van der Waals surface area contributed by atoms with Crippen molar-refractivity contribution >= 4 is 5.88 Å². The standard InChI is InChI=1S/C17H22N2O/c1-3-17(10-6-7-11-17)15-14(16(18)20-19-15)13-9-5-4-8-12(13)2/h4-5,8-9H,3,6-7,10-11,18H2,1-2H3. The minimum atomic E-state index is 0.152. The van der Waals surface area contributed by atoms with E-state index in [2.05, 4.69) is 31.1 Å². The number of benzene rings is 1. The van der Waals surface area contributed by atoms with Crippen molar-refractivity contribution in [1.29, 1.82) is 0 Å². The molecular formula is C17H22N2O. The largest absolute Gasteiger partial charge is 0.367 e. The minimum absolute atomic E-state index is 0.152. The quantitative estimate of drug-likeness (QED) is 0.896. The second kappa shape index (κ2) is 4.97. The van der Waals surface area contributed by atoms with Crippen LogP contribution in [0.3, 0.4) is 0 Å². The number of hydrogen-bond acceptors (Lipinski definition) is 3. The predicted octanol–water partition coefficient (Wildman–Crippen LogP) is 4.45. The van der Waals surface area contributed by atoms with Crippen molar-refractivity contribution in [3.8, 4) is 11.1 Å². The fraction of sp³-hybridized carbons (Fsp3) is 0.471. The molecule has 0 amide bonds. The highest BCUT2D eigenvalue weighted by molar-refractivity contribution is 5.78. The van der Waals surface area contributed by atoms with E-state index in [4.69, 9.17) is 10.3 Å². The second-order valence-corrected chi connectivity index (χ2v) is 5.93. The Kier molecular flexibility index (Phi) is 3.28. The summed E-state index contributed by atoms with van der Waals surface area (Å²) in [6.07, 6.45) is 6.02. The van der Waals surface area contributed by atoms with E-state index >= 15 is 0 Å². The molecule has 1 fully saturated rings. The highest BCUT2D eigenvalue weighted by Gasteiger charge is 2.39. The van der Waals surface area contributed by atoms with Gasteiger partial charge in [0.1, 0.15) is 0 Å². The molecule has 106 valence electrons. The van der Waals surface area contributed by atoms with Gasteiger partial charge in [0.2, 0.25) is 5.88 Å². The molecule has 0 radical (unpaired) electrons. The maximum Gasteiger partial charge on any atom is 0.230 e. The molecule has 0 saturated heterocycles. The Morgan fingerprint density at radius 3 is 2.60 bits per heavy atom. The van der Waals surface area contributed by atoms with Crippen molar-refractivity contribution in [3.63, 3.8) is 0 Å². The van der Waals surface area contributed by atoms with Gasteiger partial charge < -0.3 is 10.3 Å². The Bertz CT molecular complexity index is 609. The van der Waals surface area contributed by atoms with Crippen LogP contribution < -0.4 is 5.73 Å². The van der Waals surface area contributed by atoms with E-state index in [9.17, 15) is 0 Å². The molecule has 1 aromatic heterocycles. The third kappa shape index (κ3) is 1.92. The molecule has 2 aromatic rings. The van der Waals surface area contributed by atoms with Gasteiger partial charge >= 0.3 is 0 Å². The molecule has 3 heteroatoms. The molecule has 3 rings (SSSR count). The first-order chi connectivity index (χ1) is 9.68. The molecule has 0 atom stereocenters. The maximum atomic E-state index is 6.09. The molecule has 0 spiro atoms. The van der Waals surface area contributed by atoms with Gasteiger partial charge in [-0.1, -0.05) is 49.2 Å². The number of aromatic nitrogens is 1. The van der Waals surface area contributed by atoms with Crippen LogP contribution in [0.2, 0.25) is 0 Å². The summed E-state index contributed by atoms with van der Waals surface area (Å²) < 4.78 is 5.37. The van der Waals surface area contributed by atoms with E-state index < -0.39 is 0 Å². The lowest BCUT2D eigenvalue weighted by Gasteiger charge is -2.26. The van der Waals surface area contributed by atoms with Gasteiger partial charge in [0, 0.05) is 5.41 Å². The Balaban J connectivity index is 2.18. The lowest BCUT2D eigenvalue weighted by atomic mass is 9.77. The number of nitrogens with zero attached hydrogens (tertiary/aromatic N) is 1. The lowest BCUT2D eigenvalue weighted by Crippen LogP contribution is -2.22. The molecule has 0 unspecified atom stereocenters. The first-order valence-electron chi connectivity index (χ1n) is 7.49. The highest BCUT2D eigenvalue weighted by Crippen LogP contribution is 2.48. The summed E-state index contributed by atoms with van der Waals surface area (Å²) in [5.74, 6) is 0.453. The number of hydrogen-bond donors (Lipinski definition) is 1. The minimum Gasteiger partial charge on any atom is -0.367 e. The summed E-state index contributed by atoms with van der Waals surface area (Å²) in [5.41, 5.74) is 10.7. The molecule has 20 heavy (non-hydrogen) atoms. The van der Waals surface area contributed by atoms with Gasteiger partial charge in [0.15, 0.2) is 0 Å². The predicted molar refractivity (Wildman–Crippen MR) is 81.5 cm³/mol. The normalized spacial score (nSPS) is 17.5. The summed E-state index contributed by atoms with van der Waals surface area (Å²) in [6, 6.07) is 8.32. The number of nitrogen functional groups attached to an aromatic ring is 1. The van der Waals surface area contributed by atoms with Crippen LogP contribution in [0.5, 0.6) is 0 Å². The second-order valence-electron chi connectivity index (χ2n) is 5.93. The van der Waals surface area contributed by atoms with Crippen LogP contribution >= 0.6 is 0 Å². The van der Waals surface area contributed by atoms with Crippen LogP contribution in [0.1, 0.15) is 50.3 Å². The summed E-state index contributed by atoms with van der Waals surface area (Å²) in [5, 5.41) is 4.36. The first-order valence-corrected chi connectivity index (χ1v) is 7.49. The molecule has 2 N–H and O–H groups in total. The van der Waals surface area contributed by atoms with Gasteiger partial charge in [-0.3, -0.25) is 0 Å². The van der Waals surface area contributed by atoms with E-state index in [1.165, 1.54) is 31.2 Å². The van der Waals surface area contributed by atoms with Gasteiger partial charge in [-0.05, 0) is 37.3 Å². The zero-order valence-electron chi connectivity index (χ0n) is 12.3.